The van der Waals surface area contributed by atoms with Crippen molar-refractivity contribution in [1.82, 2.24) is 19.9 Å². The van der Waals surface area contributed by atoms with Crippen molar-refractivity contribution in [3.05, 3.63) is 52.4 Å². The molecule has 1 aromatic carbocycles. The third-order valence-electron chi connectivity index (χ3n) is 4.70. The Morgan fingerprint density at radius 3 is 2.58 bits per heavy atom. The zero-order chi connectivity index (χ0) is 17.9. The Morgan fingerprint density at radius 2 is 1.85 bits per heavy atom. The minimum absolute atomic E-state index is 0.163. The van der Waals surface area contributed by atoms with Gasteiger partial charge in [0.1, 0.15) is 10.7 Å². The maximum Gasteiger partial charge on any atom is 0.274 e. The molecular formula is C19H20N4O2S. The number of carbonyl (C=O) groups is 1. The second-order valence-electron chi connectivity index (χ2n) is 6.61. The molecule has 0 bridgehead atoms. The lowest BCUT2D eigenvalue weighted by Gasteiger charge is -2.16. The first-order chi connectivity index (χ1) is 12.7. The molecule has 1 aliphatic rings. The van der Waals surface area contributed by atoms with Gasteiger partial charge in [-0.05, 0) is 12.8 Å². The highest BCUT2D eigenvalue weighted by atomic mass is 32.1. The highest BCUT2D eigenvalue weighted by Crippen LogP contribution is 2.25. The lowest BCUT2D eigenvalue weighted by atomic mass is 10.1. The van der Waals surface area contributed by atoms with Gasteiger partial charge in [0.2, 0.25) is 4.96 Å². The number of hydrogen-bond donors (Lipinski definition) is 1. The number of rotatable bonds is 3. The van der Waals surface area contributed by atoms with Gasteiger partial charge < -0.3 is 5.32 Å². The van der Waals surface area contributed by atoms with Crippen molar-refractivity contribution < 1.29 is 4.79 Å². The molecule has 3 aromatic rings. The van der Waals surface area contributed by atoms with E-state index in [2.05, 4.69) is 15.4 Å². The molecule has 2 heterocycles. The van der Waals surface area contributed by atoms with Crippen LogP contribution in [0.5, 0.6) is 0 Å². The molecule has 1 amide bonds. The fourth-order valence-corrected chi connectivity index (χ4v) is 4.27. The van der Waals surface area contributed by atoms with Crippen LogP contribution in [0.2, 0.25) is 0 Å². The van der Waals surface area contributed by atoms with Crippen molar-refractivity contribution in [3.63, 3.8) is 0 Å². The number of aromatic nitrogens is 3. The van der Waals surface area contributed by atoms with Gasteiger partial charge in [-0.1, -0.05) is 67.4 Å². The molecular weight excluding hydrogens is 348 g/mol. The van der Waals surface area contributed by atoms with Crippen LogP contribution < -0.4 is 10.9 Å². The highest BCUT2D eigenvalue weighted by molar-refractivity contribution is 7.19. The lowest BCUT2D eigenvalue weighted by molar-refractivity contribution is 0.0925. The number of hydrogen-bond acceptors (Lipinski definition) is 5. The molecule has 134 valence electrons. The zero-order valence-corrected chi connectivity index (χ0v) is 15.2. The Balaban J connectivity index is 1.68. The van der Waals surface area contributed by atoms with Gasteiger partial charge >= 0.3 is 0 Å². The number of amides is 1. The second-order valence-corrected chi connectivity index (χ2v) is 7.57. The Hall–Kier alpha value is -2.54. The summed E-state index contributed by atoms with van der Waals surface area (Å²) in [5.41, 5.74) is 0.771. The summed E-state index contributed by atoms with van der Waals surface area (Å²) in [5.74, 6) is -0.253. The van der Waals surface area contributed by atoms with Crippen molar-refractivity contribution >= 4 is 22.2 Å². The van der Waals surface area contributed by atoms with Gasteiger partial charge in [-0.3, -0.25) is 9.59 Å². The van der Waals surface area contributed by atoms with Crippen LogP contribution in [0.25, 0.3) is 15.5 Å². The van der Waals surface area contributed by atoms with Gasteiger partial charge in [0, 0.05) is 17.7 Å². The van der Waals surface area contributed by atoms with E-state index in [9.17, 15) is 9.59 Å². The predicted molar refractivity (Wildman–Crippen MR) is 102 cm³/mol. The van der Waals surface area contributed by atoms with E-state index in [0.29, 0.717) is 4.96 Å². The molecule has 1 N–H and O–H groups in total. The zero-order valence-electron chi connectivity index (χ0n) is 14.4. The third kappa shape index (κ3) is 3.53. The molecule has 4 rings (SSSR count). The predicted octanol–water partition coefficient (Wildman–Crippen LogP) is 3.27. The summed E-state index contributed by atoms with van der Waals surface area (Å²) < 4.78 is 1.49. The summed E-state index contributed by atoms with van der Waals surface area (Å²) in [5, 5.41) is 8.34. The maximum atomic E-state index is 12.8. The fourth-order valence-electron chi connectivity index (χ4n) is 3.36. The molecule has 1 aliphatic carbocycles. The van der Waals surface area contributed by atoms with Gasteiger partial charge in [0.15, 0.2) is 0 Å². The van der Waals surface area contributed by atoms with Gasteiger partial charge in [-0.15, -0.1) is 0 Å². The molecule has 6 nitrogen and oxygen atoms in total. The Kier molecular flexibility index (Phi) is 4.79. The van der Waals surface area contributed by atoms with Crippen LogP contribution in [0.3, 0.4) is 0 Å². The van der Waals surface area contributed by atoms with Crippen LogP contribution in [-0.4, -0.2) is 26.5 Å². The first-order valence-electron chi connectivity index (χ1n) is 8.98. The highest BCUT2D eigenvalue weighted by Gasteiger charge is 2.20. The first-order valence-corrected chi connectivity index (χ1v) is 9.79. The van der Waals surface area contributed by atoms with Crippen LogP contribution in [0, 0.1) is 0 Å². The maximum absolute atomic E-state index is 12.8. The van der Waals surface area contributed by atoms with Crippen LogP contribution in [0.4, 0.5) is 0 Å². The Bertz CT molecular complexity index is 972. The molecule has 7 heteroatoms. The van der Waals surface area contributed by atoms with E-state index >= 15 is 0 Å². The molecule has 2 aromatic heterocycles. The van der Waals surface area contributed by atoms with Gasteiger partial charge in [-0.25, -0.2) is 0 Å². The monoisotopic (exact) mass is 368 g/mol. The van der Waals surface area contributed by atoms with Crippen molar-refractivity contribution in [3.8, 4) is 10.6 Å². The fraction of sp³-hybridized carbons (Fsp3) is 0.368. The Morgan fingerprint density at radius 1 is 1.12 bits per heavy atom. The van der Waals surface area contributed by atoms with E-state index in [1.807, 2.05) is 30.3 Å². The summed E-state index contributed by atoms with van der Waals surface area (Å²) in [6, 6.07) is 11.1. The summed E-state index contributed by atoms with van der Waals surface area (Å²) in [6.07, 6.45) is 6.68. The van der Waals surface area contributed by atoms with Crippen LogP contribution in [0.15, 0.2) is 41.2 Å². The van der Waals surface area contributed by atoms with Gasteiger partial charge in [0.05, 0.1) is 0 Å². The van der Waals surface area contributed by atoms with Crippen LogP contribution in [-0.2, 0) is 0 Å². The molecule has 0 aliphatic heterocycles. The topological polar surface area (TPSA) is 76.4 Å². The average Bonchev–Trinajstić information content (AvgIpc) is 2.91. The molecule has 1 saturated carbocycles. The summed E-state index contributed by atoms with van der Waals surface area (Å²) >= 11 is 1.31. The standard InChI is InChI=1S/C19H20N4O2S/c24-16-12-15(17(25)20-14-10-6-1-2-7-11-14)23-19(21-16)26-18(22-23)13-8-4-3-5-9-13/h3-5,8-9,12,14H,1-2,6-7,10-11H2,(H,20,25). The van der Waals surface area contributed by atoms with E-state index in [1.54, 1.807) is 0 Å². The van der Waals surface area contributed by atoms with E-state index in [1.165, 1.54) is 34.8 Å². The number of nitrogens with zero attached hydrogens (tertiary/aromatic N) is 3. The molecule has 0 atom stereocenters. The molecule has 1 fully saturated rings. The SMILES string of the molecule is O=C(NC1CCCCCC1)c1cc(=O)nc2sc(-c3ccccc3)nn12. The summed E-state index contributed by atoms with van der Waals surface area (Å²) in [6.45, 7) is 0. The van der Waals surface area contributed by atoms with E-state index in [0.717, 1.165) is 36.3 Å². The van der Waals surface area contributed by atoms with E-state index < -0.39 is 5.56 Å². The molecule has 26 heavy (non-hydrogen) atoms. The first kappa shape index (κ1) is 16.9. The van der Waals surface area contributed by atoms with E-state index in [4.69, 9.17) is 0 Å². The number of nitrogens with one attached hydrogen (secondary N) is 1. The van der Waals surface area contributed by atoms with Crippen LogP contribution >= 0.6 is 11.3 Å². The average molecular weight is 368 g/mol. The van der Waals surface area contributed by atoms with Crippen molar-refractivity contribution in [2.24, 2.45) is 0 Å². The number of carbonyl (C=O) groups excluding carboxylic acids is 1. The van der Waals surface area contributed by atoms with Gasteiger partial charge in [-0.2, -0.15) is 14.6 Å². The normalized spacial score (nSPS) is 15.7. The molecule has 0 radical (unpaired) electrons. The summed E-state index contributed by atoms with van der Waals surface area (Å²) in [7, 11) is 0. The van der Waals surface area contributed by atoms with Crippen LogP contribution in [0.1, 0.15) is 49.0 Å². The minimum Gasteiger partial charge on any atom is -0.348 e. The number of benzene rings is 1. The lowest BCUT2D eigenvalue weighted by Crippen LogP contribution is -2.36. The third-order valence-corrected chi connectivity index (χ3v) is 5.66. The van der Waals surface area contributed by atoms with Crippen molar-refractivity contribution in [2.75, 3.05) is 0 Å². The van der Waals surface area contributed by atoms with Crippen molar-refractivity contribution in [1.29, 1.82) is 0 Å². The summed E-state index contributed by atoms with van der Waals surface area (Å²) in [4.78, 5) is 29.2. The quantitative estimate of drug-likeness (QED) is 0.720. The molecule has 0 saturated heterocycles. The van der Waals surface area contributed by atoms with Crippen molar-refractivity contribution in [2.45, 2.75) is 44.6 Å². The van der Waals surface area contributed by atoms with Gasteiger partial charge in [0.25, 0.3) is 11.5 Å². The van der Waals surface area contributed by atoms with E-state index in [-0.39, 0.29) is 17.6 Å². The number of fused-ring (bicyclic) bond motifs is 1. The molecule has 0 spiro atoms. The smallest absolute Gasteiger partial charge is 0.274 e. The minimum atomic E-state index is -0.417. The molecule has 0 unspecified atom stereocenters. The second kappa shape index (κ2) is 7.37. The Labute approximate surface area is 154 Å². The largest absolute Gasteiger partial charge is 0.348 e.